The largest absolute Gasteiger partial charge is 0.481 e. The van der Waals surface area contributed by atoms with Crippen LogP contribution >= 0.6 is 0 Å². The Kier molecular flexibility index (Phi) is 7.71. The normalized spacial score (nSPS) is 47.7. The number of esters is 1. The quantitative estimate of drug-likeness (QED) is 0.312. The number of aliphatic hydroxyl groups is 2. The van der Waals surface area contributed by atoms with Crippen LogP contribution in [0.5, 0.6) is 0 Å². The summed E-state index contributed by atoms with van der Waals surface area (Å²) in [6, 6.07) is 0. The van der Waals surface area contributed by atoms with Crippen LogP contribution in [0.3, 0.4) is 0 Å². The van der Waals surface area contributed by atoms with Crippen molar-refractivity contribution in [1.29, 1.82) is 0 Å². The summed E-state index contributed by atoms with van der Waals surface area (Å²) >= 11 is 0. The van der Waals surface area contributed by atoms with E-state index >= 15 is 0 Å². The maximum atomic E-state index is 12.7. The highest BCUT2D eigenvalue weighted by molar-refractivity contribution is 5.71. The average Bonchev–Trinajstić information content (AvgIpc) is 3.05. The van der Waals surface area contributed by atoms with E-state index in [0.29, 0.717) is 31.6 Å². The van der Waals surface area contributed by atoms with Crippen molar-refractivity contribution in [2.24, 2.45) is 51.8 Å². The summed E-state index contributed by atoms with van der Waals surface area (Å²) < 4.78 is 5.93. The summed E-state index contributed by atoms with van der Waals surface area (Å²) in [7, 11) is 0. The van der Waals surface area contributed by atoms with E-state index in [-0.39, 0.29) is 52.0 Å². The van der Waals surface area contributed by atoms with Crippen molar-refractivity contribution < 1.29 is 29.6 Å². The molecule has 6 heteroatoms. The topological polar surface area (TPSA) is 104 Å². The van der Waals surface area contributed by atoms with Gasteiger partial charge in [0.15, 0.2) is 0 Å². The van der Waals surface area contributed by atoms with Gasteiger partial charge in [0.2, 0.25) is 0 Å². The molecule has 0 saturated heterocycles. The first-order valence-corrected chi connectivity index (χ1v) is 14.6. The maximum Gasteiger partial charge on any atom is 0.306 e. The molecule has 210 valence electrons. The van der Waals surface area contributed by atoms with E-state index in [1.54, 1.807) is 0 Å². The molecule has 0 radical (unpaired) electrons. The lowest BCUT2D eigenvalue weighted by Crippen LogP contribution is -2.66. The molecule has 4 rings (SSSR count). The second-order valence-corrected chi connectivity index (χ2v) is 14.1. The Morgan fingerprint density at radius 3 is 2.27 bits per heavy atom. The van der Waals surface area contributed by atoms with E-state index in [1.807, 2.05) is 13.8 Å². The summed E-state index contributed by atoms with van der Waals surface area (Å²) in [6.07, 6.45) is 6.77. The number of carboxylic acid groups (broad SMARTS) is 1. The van der Waals surface area contributed by atoms with Crippen LogP contribution in [0.4, 0.5) is 0 Å². The Morgan fingerprint density at radius 2 is 1.68 bits per heavy atom. The molecule has 0 heterocycles. The minimum absolute atomic E-state index is 0.0346. The van der Waals surface area contributed by atoms with Gasteiger partial charge in [-0.2, -0.15) is 0 Å². The van der Waals surface area contributed by atoms with Gasteiger partial charge in [-0.05, 0) is 105 Å². The molecule has 6 nitrogen and oxygen atoms in total. The SMILES string of the molecule is CC(=O)O[C@H]1C[C@@]2(C)C(CC(O)[C@H]3[C@@]4(C)CCC(O)C(C)C4CC[C@@]32C)C1[C@@H](CCC=C(C)C)C(=O)O. The van der Waals surface area contributed by atoms with Crippen molar-refractivity contribution in [1.82, 2.24) is 0 Å². The van der Waals surface area contributed by atoms with Crippen molar-refractivity contribution in [3.63, 3.8) is 0 Å². The molecule has 0 aromatic carbocycles. The zero-order valence-corrected chi connectivity index (χ0v) is 24.0. The molecule has 0 bridgehead atoms. The Hall–Kier alpha value is -1.40. The average molecular weight is 519 g/mol. The number of carboxylic acids is 1. The van der Waals surface area contributed by atoms with Gasteiger partial charge < -0.3 is 20.1 Å². The van der Waals surface area contributed by atoms with Crippen LogP contribution in [0.25, 0.3) is 0 Å². The van der Waals surface area contributed by atoms with Crippen LogP contribution in [-0.4, -0.2) is 45.6 Å². The lowest BCUT2D eigenvalue weighted by atomic mass is 9.36. The number of allylic oxidation sites excluding steroid dienone is 2. The summed E-state index contributed by atoms with van der Waals surface area (Å²) in [5, 5.41) is 33.0. The van der Waals surface area contributed by atoms with E-state index in [1.165, 1.54) is 6.92 Å². The molecule has 0 aromatic heterocycles. The van der Waals surface area contributed by atoms with Gasteiger partial charge in [0, 0.05) is 12.8 Å². The van der Waals surface area contributed by atoms with Crippen LogP contribution in [-0.2, 0) is 14.3 Å². The van der Waals surface area contributed by atoms with E-state index < -0.39 is 24.1 Å². The van der Waals surface area contributed by atoms with Gasteiger partial charge in [0.25, 0.3) is 0 Å². The molecule has 12 atom stereocenters. The summed E-state index contributed by atoms with van der Waals surface area (Å²) in [4.78, 5) is 24.9. The third-order valence-corrected chi connectivity index (χ3v) is 12.1. The number of fused-ring (bicyclic) bond motifs is 5. The Morgan fingerprint density at radius 1 is 1.00 bits per heavy atom. The second kappa shape index (κ2) is 9.97. The summed E-state index contributed by atoms with van der Waals surface area (Å²) in [6.45, 7) is 14.6. The van der Waals surface area contributed by atoms with Crippen LogP contribution in [0, 0.1) is 51.8 Å². The highest BCUT2D eigenvalue weighted by Gasteiger charge is 2.72. The van der Waals surface area contributed by atoms with Crippen molar-refractivity contribution in [2.45, 2.75) is 118 Å². The number of hydrogen-bond acceptors (Lipinski definition) is 5. The minimum Gasteiger partial charge on any atom is -0.481 e. The molecule has 0 amide bonds. The minimum atomic E-state index is -0.832. The first-order valence-electron chi connectivity index (χ1n) is 14.6. The second-order valence-electron chi connectivity index (χ2n) is 14.1. The fourth-order valence-corrected chi connectivity index (χ4v) is 10.4. The molecular weight excluding hydrogens is 468 g/mol. The molecule has 0 spiro atoms. The van der Waals surface area contributed by atoms with Crippen molar-refractivity contribution in [3.05, 3.63) is 11.6 Å². The highest BCUT2D eigenvalue weighted by Crippen LogP contribution is 2.74. The molecule has 0 aliphatic heterocycles. The molecule has 4 aliphatic rings. The molecular formula is C31H50O6. The highest BCUT2D eigenvalue weighted by atomic mass is 16.5. The number of ether oxygens (including phenoxy) is 1. The summed E-state index contributed by atoms with van der Waals surface area (Å²) in [5.41, 5.74) is 0.624. The van der Waals surface area contributed by atoms with Gasteiger partial charge in [-0.25, -0.2) is 0 Å². The molecule has 3 N–H and O–H groups in total. The first kappa shape index (κ1) is 28.6. The fourth-order valence-electron chi connectivity index (χ4n) is 10.4. The van der Waals surface area contributed by atoms with Crippen molar-refractivity contribution in [3.8, 4) is 0 Å². The summed E-state index contributed by atoms with van der Waals surface area (Å²) in [5.74, 6) is -1.54. The van der Waals surface area contributed by atoms with Gasteiger partial charge in [-0.1, -0.05) is 39.3 Å². The van der Waals surface area contributed by atoms with Crippen LogP contribution in [0.1, 0.15) is 99.8 Å². The van der Waals surface area contributed by atoms with Gasteiger partial charge in [0.1, 0.15) is 6.10 Å². The zero-order chi connectivity index (χ0) is 27.5. The fraction of sp³-hybridized carbons (Fsp3) is 0.871. The van der Waals surface area contributed by atoms with Gasteiger partial charge in [-0.15, -0.1) is 0 Å². The smallest absolute Gasteiger partial charge is 0.306 e. The molecule has 37 heavy (non-hydrogen) atoms. The predicted molar refractivity (Wildman–Crippen MR) is 143 cm³/mol. The van der Waals surface area contributed by atoms with Gasteiger partial charge >= 0.3 is 11.9 Å². The number of aliphatic carboxylic acids is 1. The third kappa shape index (κ3) is 4.48. The monoisotopic (exact) mass is 518 g/mol. The van der Waals surface area contributed by atoms with Gasteiger partial charge in [-0.3, -0.25) is 9.59 Å². The Labute approximate surface area is 223 Å². The number of rotatable bonds is 6. The number of carbonyl (C=O) groups is 2. The van der Waals surface area contributed by atoms with Gasteiger partial charge in [0.05, 0.1) is 18.1 Å². The molecule has 4 aliphatic carbocycles. The van der Waals surface area contributed by atoms with E-state index in [0.717, 1.165) is 31.3 Å². The van der Waals surface area contributed by atoms with Crippen LogP contribution in [0.15, 0.2) is 11.6 Å². The lowest BCUT2D eigenvalue weighted by molar-refractivity contribution is -0.240. The van der Waals surface area contributed by atoms with Crippen molar-refractivity contribution >= 4 is 11.9 Å². The predicted octanol–water partition coefficient (Wildman–Crippen LogP) is 5.60. The molecule has 4 saturated carbocycles. The van der Waals surface area contributed by atoms with Crippen LogP contribution in [0.2, 0.25) is 0 Å². The Bertz CT molecular complexity index is 925. The maximum absolute atomic E-state index is 12.7. The number of hydrogen-bond donors (Lipinski definition) is 3. The molecule has 6 unspecified atom stereocenters. The standard InChI is InChI=1S/C31H50O6/c1-17(2)9-8-10-20(28(35)36)26-22-15-24(34)27-29(5)13-12-23(33)18(3)21(29)11-14-30(27,6)31(22,7)16-25(26)37-19(4)32/h9,18,20-27,33-34H,8,10-16H2,1-7H3,(H,35,36)/t18?,20-,21?,22?,23?,24?,25+,26?,27+,29+,30+,31+/m1/s1. The number of aliphatic hydroxyl groups excluding tert-OH is 2. The lowest BCUT2D eigenvalue weighted by Gasteiger charge is -2.69. The van der Waals surface area contributed by atoms with E-state index in [9.17, 15) is 24.9 Å². The molecule has 0 aromatic rings. The number of carbonyl (C=O) groups excluding carboxylic acids is 1. The van der Waals surface area contributed by atoms with Crippen LogP contribution < -0.4 is 0 Å². The van der Waals surface area contributed by atoms with E-state index in [4.69, 9.17) is 4.74 Å². The molecule has 4 fully saturated rings. The van der Waals surface area contributed by atoms with Crippen molar-refractivity contribution in [2.75, 3.05) is 0 Å². The Balaban J connectivity index is 1.75. The van der Waals surface area contributed by atoms with E-state index in [2.05, 4.69) is 33.8 Å². The zero-order valence-electron chi connectivity index (χ0n) is 24.0. The third-order valence-electron chi connectivity index (χ3n) is 12.1. The first-order chi connectivity index (χ1) is 17.2.